The number of likely N-dealkylation sites (tertiary alicyclic amines) is 1. The second kappa shape index (κ2) is 7.51. The van der Waals surface area contributed by atoms with Crippen molar-refractivity contribution in [1.29, 1.82) is 0 Å². The third kappa shape index (κ3) is 4.05. The van der Waals surface area contributed by atoms with Crippen LogP contribution in [0.3, 0.4) is 0 Å². The van der Waals surface area contributed by atoms with Gasteiger partial charge in [0.2, 0.25) is 5.91 Å². The van der Waals surface area contributed by atoms with E-state index < -0.39 is 0 Å². The van der Waals surface area contributed by atoms with Crippen LogP contribution in [-0.2, 0) is 11.2 Å². The number of amides is 1. The molecule has 2 heterocycles. The lowest BCUT2D eigenvalue weighted by Crippen LogP contribution is -2.44. The standard InChI is InChI=1S/C18H26N2OS/c1-14-4-6-15(7-5-14)11-17-3-2-9-20(17)18(21)12-16-13-22-10-8-19-16/h4-7,16-17,19H,2-3,8-13H2,1H3. The lowest BCUT2D eigenvalue weighted by atomic mass is 10.0. The molecule has 0 saturated carbocycles. The molecule has 0 spiro atoms. The summed E-state index contributed by atoms with van der Waals surface area (Å²) >= 11 is 1.96. The van der Waals surface area contributed by atoms with Crippen LogP contribution in [0.15, 0.2) is 24.3 Å². The highest BCUT2D eigenvalue weighted by Crippen LogP contribution is 2.23. The summed E-state index contributed by atoms with van der Waals surface area (Å²) in [5.41, 5.74) is 2.64. The van der Waals surface area contributed by atoms with Gasteiger partial charge in [0, 0.05) is 43.1 Å². The van der Waals surface area contributed by atoms with Crippen LogP contribution in [0.4, 0.5) is 0 Å². The van der Waals surface area contributed by atoms with Crippen molar-refractivity contribution in [3.8, 4) is 0 Å². The SMILES string of the molecule is Cc1ccc(CC2CCCN2C(=O)CC2CSCCN2)cc1. The molecular weight excluding hydrogens is 292 g/mol. The van der Waals surface area contributed by atoms with Gasteiger partial charge in [0.1, 0.15) is 0 Å². The molecule has 0 bridgehead atoms. The molecule has 0 aromatic heterocycles. The first-order chi connectivity index (χ1) is 10.7. The summed E-state index contributed by atoms with van der Waals surface area (Å²) < 4.78 is 0. The maximum atomic E-state index is 12.6. The van der Waals surface area contributed by atoms with Crippen LogP contribution in [-0.4, -0.2) is 47.5 Å². The van der Waals surface area contributed by atoms with E-state index in [1.54, 1.807) is 0 Å². The number of nitrogens with one attached hydrogen (secondary N) is 1. The molecular formula is C18H26N2OS. The highest BCUT2D eigenvalue weighted by atomic mass is 32.2. The maximum Gasteiger partial charge on any atom is 0.224 e. The molecule has 1 N–H and O–H groups in total. The summed E-state index contributed by atoms with van der Waals surface area (Å²) in [6, 6.07) is 9.50. The number of carbonyl (C=O) groups excluding carboxylic acids is 1. The van der Waals surface area contributed by atoms with Gasteiger partial charge in [-0.05, 0) is 31.7 Å². The van der Waals surface area contributed by atoms with E-state index in [2.05, 4.69) is 41.4 Å². The molecule has 2 aliphatic rings. The Morgan fingerprint density at radius 2 is 2.18 bits per heavy atom. The van der Waals surface area contributed by atoms with Crippen molar-refractivity contribution in [2.24, 2.45) is 0 Å². The van der Waals surface area contributed by atoms with Crippen LogP contribution in [0.25, 0.3) is 0 Å². The minimum Gasteiger partial charge on any atom is -0.339 e. The smallest absolute Gasteiger partial charge is 0.224 e. The first kappa shape index (κ1) is 15.9. The molecule has 2 saturated heterocycles. The number of rotatable bonds is 4. The monoisotopic (exact) mass is 318 g/mol. The topological polar surface area (TPSA) is 32.3 Å². The number of aryl methyl sites for hydroxylation is 1. The van der Waals surface area contributed by atoms with E-state index in [-0.39, 0.29) is 0 Å². The lowest BCUT2D eigenvalue weighted by molar-refractivity contribution is -0.132. The van der Waals surface area contributed by atoms with Gasteiger partial charge in [-0.3, -0.25) is 4.79 Å². The first-order valence-corrected chi connectivity index (χ1v) is 9.54. The Morgan fingerprint density at radius 1 is 1.36 bits per heavy atom. The van der Waals surface area contributed by atoms with Crippen molar-refractivity contribution >= 4 is 17.7 Å². The third-order valence-corrected chi connectivity index (χ3v) is 5.84. The molecule has 0 radical (unpaired) electrons. The Labute approximate surface area is 137 Å². The quantitative estimate of drug-likeness (QED) is 0.926. The molecule has 4 heteroatoms. The summed E-state index contributed by atoms with van der Waals surface area (Å²) in [4.78, 5) is 14.8. The van der Waals surface area contributed by atoms with E-state index in [4.69, 9.17) is 0 Å². The van der Waals surface area contributed by atoms with Crippen LogP contribution in [0.2, 0.25) is 0 Å². The van der Waals surface area contributed by atoms with Crippen LogP contribution in [0, 0.1) is 6.92 Å². The van der Waals surface area contributed by atoms with Gasteiger partial charge in [-0.15, -0.1) is 0 Å². The zero-order valence-corrected chi connectivity index (χ0v) is 14.2. The molecule has 0 aliphatic carbocycles. The van der Waals surface area contributed by atoms with Gasteiger partial charge in [0.25, 0.3) is 0 Å². The average molecular weight is 318 g/mol. The summed E-state index contributed by atoms with van der Waals surface area (Å²) in [6.07, 6.45) is 3.96. The highest BCUT2D eigenvalue weighted by molar-refractivity contribution is 7.99. The number of hydrogen-bond acceptors (Lipinski definition) is 3. The van der Waals surface area contributed by atoms with Crippen molar-refractivity contribution < 1.29 is 4.79 Å². The second-order valence-corrected chi connectivity index (χ2v) is 7.65. The molecule has 3 rings (SSSR count). The van der Waals surface area contributed by atoms with Crippen LogP contribution in [0.1, 0.15) is 30.4 Å². The first-order valence-electron chi connectivity index (χ1n) is 8.38. The van der Waals surface area contributed by atoms with Crippen LogP contribution in [0.5, 0.6) is 0 Å². The van der Waals surface area contributed by atoms with Crippen molar-refractivity contribution in [1.82, 2.24) is 10.2 Å². The molecule has 1 aromatic carbocycles. The van der Waals surface area contributed by atoms with E-state index in [9.17, 15) is 4.79 Å². The van der Waals surface area contributed by atoms with E-state index in [0.717, 1.165) is 38.1 Å². The predicted octanol–water partition coefficient (Wildman–Crippen LogP) is 2.62. The summed E-state index contributed by atoms with van der Waals surface area (Å²) in [7, 11) is 0. The van der Waals surface area contributed by atoms with Gasteiger partial charge in [-0.1, -0.05) is 29.8 Å². The van der Waals surface area contributed by atoms with Crippen molar-refractivity contribution in [3.63, 3.8) is 0 Å². The van der Waals surface area contributed by atoms with Gasteiger partial charge in [-0.2, -0.15) is 11.8 Å². The van der Waals surface area contributed by atoms with E-state index in [0.29, 0.717) is 24.4 Å². The zero-order valence-electron chi connectivity index (χ0n) is 13.4. The molecule has 1 aromatic rings. The largest absolute Gasteiger partial charge is 0.339 e. The van der Waals surface area contributed by atoms with Gasteiger partial charge in [0.05, 0.1) is 0 Å². The fourth-order valence-electron chi connectivity index (χ4n) is 3.45. The fraction of sp³-hybridized carbons (Fsp3) is 0.611. The molecule has 1 amide bonds. The summed E-state index contributed by atoms with van der Waals surface area (Å²) in [5, 5.41) is 3.48. The van der Waals surface area contributed by atoms with Gasteiger partial charge in [-0.25, -0.2) is 0 Å². The van der Waals surface area contributed by atoms with E-state index in [1.807, 2.05) is 11.8 Å². The fourth-order valence-corrected chi connectivity index (χ4v) is 4.40. The Bertz CT molecular complexity index is 496. The Kier molecular flexibility index (Phi) is 5.42. The normalized spacial score (nSPS) is 25.4. The lowest BCUT2D eigenvalue weighted by Gasteiger charge is -2.29. The van der Waals surface area contributed by atoms with Crippen molar-refractivity contribution in [3.05, 3.63) is 35.4 Å². The molecule has 3 nitrogen and oxygen atoms in total. The Morgan fingerprint density at radius 3 is 2.91 bits per heavy atom. The highest BCUT2D eigenvalue weighted by Gasteiger charge is 2.30. The third-order valence-electron chi connectivity index (χ3n) is 4.71. The number of benzene rings is 1. The van der Waals surface area contributed by atoms with Gasteiger partial charge in [0.15, 0.2) is 0 Å². The van der Waals surface area contributed by atoms with E-state index >= 15 is 0 Å². The average Bonchev–Trinajstić information content (AvgIpc) is 2.99. The molecule has 120 valence electrons. The molecule has 2 fully saturated rings. The van der Waals surface area contributed by atoms with Crippen molar-refractivity contribution in [2.75, 3.05) is 24.6 Å². The van der Waals surface area contributed by atoms with Gasteiger partial charge < -0.3 is 10.2 Å². The maximum absolute atomic E-state index is 12.6. The van der Waals surface area contributed by atoms with Crippen molar-refractivity contribution in [2.45, 2.75) is 44.7 Å². The molecule has 2 aliphatic heterocycles. The molecule has 2 atom stereocenters. The Hall–Kier alpha value is -1.00. The number of hydrogen-bond donors (Lipinski definition) is 1. The molecule has 22 heavy (non-hydrogen) atoms. The minimum atomic E-state index is 0.342. The molecule has 2 unspecified atom stereocenters. The summed E-state index contributed by atoms with van der Waals surface area (Å²) in [5.74, 6) is 2.58. The Balaban J connectivity index is 1.57. The minimum absolute atomic E-state index is 0.342. The van der Waals surface area contributed by atoms with E-state index in [1.165, 1.54) is 16.9 Å². The van der Waals surface area contributed by atoms with Gasteiger partial charge >= 0.3 is 0 Å². The predicted molar refractivity (Wildman–Crippen MR) is 93.4 cm³/mol. The number of thioether (sulfide) groups is 1. The zero-order chi connectivity index (χ0) is 15.4. The summed E-state index contributed by atoms with van der Waals surface area (Å²) in [6.45, 7) is 4.09. The number of nitrogens with zero attached hydrogens (tertiary/aromatic N) is 1. The second-order valence-electron chi connectivity index (χ2n) is 6.50. The van der Waals surface area contributed by atoms with Crippen LogP contribution < -0.4 is 5.32 Å². The van der Waals surface area contributed by atoms with Crippen LogP contribution >= 0.6 is 11.8 Å². The number of carbonyl (C=O) groups is 1.